The minimum atomic E-state index is -2.97. The van der Waals surface area contributed by atoms with Gasteiger partial charge in [0.15, 0.2) is 0 Å². The second kappa shape index (κ2) is 6.99. The fraction of sp³-hybridized carbons (Fsp3) is 0.600. The zero-order chi connectivity index (χ0) is 16.3. The Hall–Kier alpha value is -0.780. The van der Waals surface area contributed by atoms with Crippen LogP contribution in [0.2, 0.25) is 5.02 Å². The summed E-state index contributed by atoms with van der Waals surface area (Å²) in [6.07, 6.45) is 1.24. The summed E-state index contributed by atoms with van der Waals surface area (Å²) in [4.78, 5) is 1.87. The molecule has 1 aromatic carbocycles. The molecule has 0 aliphatic carbocycles. The van der Waals surface area contributed by atoms with Crippen LogP contribution in [0.15, 0.2) is 18.2 Å². The number of rotatable bonds is 6. The zero-order valence-electron chi connectivity index (χ0n) is 13.4. The van der Waals surface area contributed by atoms with Gasteiger partial charge in [-0.15, -0.1) is 0 Å². The minimum absolute atomic E-state index is 0.0530. The number of anilines is 1. The molecule has 0 bridgehead atoms. The second-order valence-electron chi connectivity index (χ2n) is 6.44. The van der Waals surface area contributed by atoms with Gasteiger partial charge in [-0.05, 0) is 38.5 Å². The van der Waals surface area contributed by atoms with Gasteiger partial charge in [0.2, 0.25) is 0 Å². The van der Waals surface area contributed by atoms with Crippen molar-refractivity contribution < 1.29 is 8.42 Å². The summed E-state index contributed by atoms with van der Waals surface area (Å²) in [5, 5.41) is 4.05. The van der Waals surface area contributed by atoms with E-state index in [0.29, 0.717) is 11.6 Å². The summed E-state index contributed by atoms with van der Waals surface area (Å²) >= 11 is 6.31. The summed E-state index contributed by atoms with van der Waals surface area (Å²) in [6, 6.07) is 5.87. The highest BCUT2D eigenvalue weighted by molar-refractivity contribution is 7.90. The molecule has 1 rings (SSSR count). The molecular formula is C15H25ClN2O2S. The van der Waals surface area contributed by atoms with Crippen LogP contribution in [0, 0.1) is 0 Å². The lowest BCUT2D eigenvalue weighted by atomic mass is 10.1. The van der Waals surface area contributed by atoms with Crippen LogP contribution in [0.4, 0.5) is 5.69 Å². The van der Waals surface area contributed by atoms with Crippen molar-refractivity contribution in [3.8, 4) is 0 Å². The van der Waals surface area contributed by atoms with E-state index in [1.54, 1.807) is 0 Å². The van der Waals surface area contributed by atoms with Crippen LogP contribution in [-0.2, 0) is 16.4 Å². The summed E-state index contributed by atoms with van der Waals surface area (Å²) in [6.45, 7) is 7.51. The Bertz CT molecular complexity index is 580. The van der Waals surface area contributed by atoms with Gasteiger partial charge in [0, 0.05) is 31.9 Å². The highest BCUT2D eigenvalue weighted by Gasteiger charge is 2.12. The molecule has 1 N–H and O–H groups in total. The van der Waals surface area contributed by atoms with Crippen LogP contribution in [0.25, 0.3) is 0 Å². The molecule has 0 unspecified atom stereocenters. The summed E-state index contributed by atoms with van der Waals surface area (Å²) in [5.74, 6) is 0.118. The first-order valence-corrected chi connectivity index (χ1v) is 9.34. The lowest BCUT2D eigenvalue weighted by Gasteiger charge is -2.22. The highest BCUT2D eigenvalue weighted by Crippen LogP contribution is 2.26. The predicted octanol–water partition coefficient (Wildman–Crippen LogP) is 2.71. The number of hydrogen-bond donors (Lipinski definition) is 1. The minimum Gasteiger partial charge on any atom is -0.372 e. The van der Waals surface area contributed by atoms with E-state index < -0.39 is 9.84 Å². The Kier molecular flexibility index (Phi) is 6.08. The number of sulfone groups is 1. The maximum Gasteiger partial charge on any atom is 0.149 e. The van der Waals surface area contributed by atoms with Crippen LogP contribution in [0.5, 0.6) is 0 Å². The maximum atomic E-state index is 11.2. The second-order valence-corrected chi connectivity index (χ2v) is 9.11. The van der Waals surface area contributed by atoms with Crippen LogP contribution in [-0.4, -0.2) is 39.6 Å². The Morgan fingerprint density at radius 1 is 1.29 bits per heavy atom. The lowest BCUT2D eigenvalue weighted by Crippen LogP contribution is -2.35. The van der Waals surface area contributed by atoms with Gasteiger partial charge in [-0.3, -0.25) is 0 Å². The molecule has 0 radical (unpaired) electrons. The molecule has 0 fully saturated rings. The van der Waals surface area contributed by atoms with Gasteiger partial charge in [0.25, 0.3) is 0 Å². The molecule has 0 saturated carbocycles. The topological polar surface area (TPSA) is 49.4 Å². The van der Waals surface area contributed by atoms with E-state index in [2.05, 4.69) is 26.1 Å². The van der Waals surface area contributed by atoms with E-state index in [-0.39, 0.29) is 11.3 Å². The van der Waals surface area contributed by atoms with Crippen LogP contribution in [0.3, 0.4) is 0 Å². The first kappa shape index (κ1) is 18.3. The van der Waals surface area contributed by atoms with E-state index >= 15 is 0 Å². The Balaban J connectivity index is 2.73. The molecule has 120 valence electrons. The first-order valence-electron chi connectivity index (χ1n) is 6.90. The van der Waals surface area contributed by atoms with Gasteiger partial charge in [0.05, 0.1) is 16.5 Å². The van der Waals surface area contributed by atoms with Gasteiger partial charge in [-0.25, -0.2) is 8.42 Å². The van der Waals surface area contributed by atoms with Crippen molar-refractivity contribution in [2.24, 2.45) is 0 Å². The zero-order valence-corrected chi connectivity index (χ0v) is 15.0. The largest absolute Gasteiger partial charge is 0.372 e. The van der Waals surface area contributed by atoms with E-state index in [1.165, 1.54) is 6.26 Å². The molecule has 0 spiro atoms. The summed E-state index contributed by atoms with van der Waals surface area (Å²) in [7, 11) is -1.12. The summed E-state index contributed by atoms with van der Waals surface area (Å²) in [5.41, 5.74) is 2.01. The lowest BCUT2D eigenvalue weighted by molar-refractivity contribution is 0.424. The first-order chi connectivity index (χ1) is 9.48. The van der Waals surface area contributed by atoms with E-state index in [0.717, 1.165) is 17.8 Å². The molecule has 0 aromatic heterocycles. The van der Waals surface area contributed by atoms with Gasteiger partial charge in [-0.2, -0.15) is 0 Å². The number of nitrogens with one attached hydrogen (secondary N) is 1. The average Bonchev–Trinajstić information content (AvgIpc) is 2.32. The quantitative estimate of drug-likeness (QED) is 0.870. The van der Waals surface area contributed by atoms with E-state index in [4.69, 9.17) is 11.6 Å². The van der Waals surface area contributed by atoms with Gasteiger partial charge in [0.1, 0.15) is 9.84 Å². The van der Waals surface area contributed by atoms with Gasteiger partial charge >= 0.3 is 0 Å². The molecular weight excluding hydrogens is 308 g/mol. The molecule has 0 amide bonds. The summed E-state index contributed by atoms with van der Waals surface area (Å²) < 4.78 is 22.4. The molecule has 21 heavy (non-hydrogen) atoms. The molecule has 6 heteroatoms. The van der Waals surface area contributed by atoms with Crippen LogP contribution < -0.4 is 10.2 Å². The number of hydrogen-bond acceptors (Lipinski definition) is 4. The highest BCUT2D eigenvalue weighted by atomic mass is 35.5. The van der Waals surface area contributed by atoms with Gasteiger partial charge < -0.3 is 10.2 Å². The Morgan fingerprint density at radius 3 is 2.38 bits per heavy atom. The Morgan fingerprint density at radius 2 is 1.90 bits per heavy atom. The van der Waals surface area contributed by atoms with Crippen molar-refractivity contribution in [1.82, 2.24) is 5.32 Å². The third kappa shape index (κ3) is 7.16. The predicted molar refractivity (Wildman–Crippen MR) is 91.0 cm³/mol. The molecule has 1 aromatic rings. The van der Waals surface area contributed by atoms with Crippen LogP contribution in [0.1, 0.15) is 26.3 Å². The normalized spacial score (nSPS) is 12.5. The van der Waals surface area contributed by atoms with E-state index in [1.807, 2.05) is 30.1 Å². The monoisotopic (exact) mass is 332 g/mol. The van der Waals surface area contributed by atoms with Crippen molar-refractivity contribution in [1.29, 1.82) is 0 Å². The average molecular weight is 333 g/mol. The van der Waals surface area contributed by atoms with Crippen molar-refractivity contribution in [3.63, 3.8) is 0 Å². The fourth-order valence-corrected chi connectivity index (χ4v) is 2.71. The molecule has 0 heterocycles. The third-order valence-electron chi connectivity index (χ3n) is 3.04. The molecule has 4 nitrogen and oxygen atoms in total. The van der Waals surface area contributed by atoms with Crippen molar-refractivity contribution >= 4 is 27.1 Å². The fourth-order valence-electron chi connectivity index (χ4n) is 1.76. The van der Waals surface area contributed by atoms with Crippen LogP contribution >= 0.6 is 11.6 Å². The van der Waals surface area contributed by atoms with Gasteiger partial charge in [-0.1, -0.05) is 17.7 Å². The number of nitrogens with zero attached hydrogens (tertiary/aromatic N) is 1. The van der Waals surface area contributed by atoms with Crippen molar-refractivity contribution in [3.05, 3.63) is 28.8 Å². The Labute approximate surface area is 133 Å². The van der Waals surface area contributed by atoms with Crippen molar-refractivity contribution in [2.45, 2.75) is 32.9 Å². The standard InChI is InChI=1S/C15H25ClN2O2S/c1-15(2,3)17-11-12-6-7-14(13(16)10-12)18(4)8-9-21(5,19)20/h6-7,10,17H,8-9,11H2,1-5H3. The number of benzene rings is 1. The van der Waals surface area contributed by atoms with Crippen molar-refractivity contribution in [2.75, 3.05) is 30.5 Å². The number of halogens is 1. The molecule has 0 saturated heterocycles. The molecule has 0 atom stereocenters. The molecule has 0 aliphatic rings. The smallest absolute Gasteiger partial charge is 0.149 e. The maximum absolute atomic E-state index is 11.2. The molecule has 0 aliphatic heterocycles. The van der Waals surface area contributed by atoms with E-state index in [9.17, 15) is 8.42 Å². The third-order valence-corrected chi connectivity index (χ3v) is 4.27. The SMILES string of the molecule is CN(CCS(C)(=O)=O)c1ccc(CNC(C)(C)C)cc1Cl.